The van der Waals surface area contributed by atoms with Crippen molar-refractivity contribution in [1.29, 1.82) is 0 Å². The van der Waals surface area contributed by atoms with E-state index in [1.807, 2.05) is 0 Å². The van der Waals surface area contributed by atoms with Crippen LogP contribution in [0.1, 0.15) is 40.0 Å². The zero-order chi connectivity index (χ0) is 23.1. The summed E-state index contributed by atoms with van der Waals surface area (Å²) in [6.45, 7) is 1.07. The van der Waals surface area contributed by atoms with Gasteiger partial charge in [-0.05, 0) is 61.4 Å². The minimum atomic E-state index is -3.56. The molecule has 0 aromatic heterocycles. The van der Waals surface area contributed by atoms with Crippen LogP contribution >= 0.6 is 11.6 Å². The predicted molar refractivity (Wildman–Crippen MR) is 118 cm³/mol. The first kappa shape index (κ1) is 23.7. The van der Waals surface area contributed by atoms with E-state index in [9.17, 15) is 22.8 Å². The van der Waals surface area contributed by atoms with Crippen LogP contribution in [0.4, 0.5) is 0 Å². The molecule has 11 heteroatoms. The normalized spacial score (nSPS) is 14.0. The number of benzene rings is 2. The first-order chi connectivity index (χ1) is 15.3. The fourth-order valence-corrected chi connectivity index (χ4v) is 4.75. The Morgan fingerprint density at radius 2 is 1.41 bits per heavy atom. The Labute approximate surface area is 191 Å². The number of nitrogens with zero attached hydrogens (tertiary/aromatic N) is 1. The molecule has 1 heterocycles. The zero-order valence-electron chi connectivity index (χ0n) is 17.1. The van der Waals surface area contributed by atoms with Crippen molar-refractivity contribution in [2.45, 2.75) is 24.2 Å². The number of sulfonamides is 1. The smallest absolute Gasteiger partial charge is 0.269 e. The van der Waals surface area contributed by atoms with Gasteiger partial charge in [0.05, 0.1) is 4.90 Å². The fourth-order valence-electron chi connectivity index (χ4n) is 3.11. The van der Waals surface area contributed by atoms with Crippen LogP contribution in [-0.4, -0.2) is 50.1 Å². The molecule has 0 spiro atoms. The van der Waals surface area contributed by atoms with E-state index in [4.69, 9.17) is 11.6 Å². The summed E-state index contributed by atoms with van der Waals surface area (Å²) >= 11 is 5.77. The number of carbonyl (C=O) groups excluding carboxylic acids is 3. The maximum atomic E-state index is 12.5. The van der Waals surface area contributed by atoms with E-state index in [0.29, 0.717) is 23.7 Å². The van der Waals surface area contributed by atoms with Crippen LogP contribution in [-0.2, 0) is 14.8 Å². The van der Waals surface area contributed by atoms with Gasteiger partial charge >= 0.3 is 0 Å². The average molecular weight is 479 g/mol. The third-order valence-electron chi connectivity index (χ3n) is 4.88. The fraction of sp³-hybridized carbons (Fsp3) is 0.286. The highest BCUT2D eigenvalue weighted by Gasteiger charge is 2.27. The number of nitrogens with one attached hydrogen (secondary N) is 3. The third kappa shape index (κ3) is 6.06. The molecule has 0 saturated carbocycles. The highest BCUT2D eigenvalue weighted by atomic mass is 35.5. The molecule has 1 aliphatic rings. The summed E-state index contributed by atoms with van der Waals surface area (Å²) in [4.78, 5) is 36.2. The van der Waals surface area contributed by atoms with Gasteiger partial charge < -0.3 is 5.32 Å². The van der Waals surface area contributed by atoms with Crippen LogP contribution in [0.3, 0.4) is 0 Å². The van der Waals surface area contributed by atoms with E-state index >= 15 is 0 Å². The molecule has 2 aromatic carbocycles. The third-order valence-corrected chi connectivity index (χ3v) is 7.04. The summed E-state index contributed by atoms with van der Waals surface area (Å²) in [5.41, 5.74) is 5.13. The molecule has 0 unspecified atom stereocenters. The van der Waals surface area contributed by atoms with Crippen molar-refractivity contribution in [3.63, 3.8) is 0 Å². The number of carbonyl (C=O) groups is 3. The highest BCUT2D eigenvalue weighted by molar-refractivity contribution is 7.89. The monoisotopic (exact) mass is 478 g/mol. The predicted octanol–water partition coefficient (Wildman–Crippen LogP) is 1.71. The SMILES string of the molecule is O=C(CCNC(=O)c1ccc(Cl)cc1)NNC(=O)c1ccc(S(=O)(=O)N2CCCC2)cc1. The molecule has 1 saturated heterocycles. The molecule has 3 rings (SSSR count). The van der Waals surface area contributed by atoms with Gasteiger partial charge in [0.25, 0.3) is 11.8 Å². The summed E-state index contributed by atoms with van der Waals surface area (Å²) in [5.74, 6) is -1.43. The van der Waals surface area contributed by atoms with Crippen molar-refractivity contribution in [3.05, 3.63) is 64.7 Å². The van der Waals surface area contributed by atoms with Crippen LogP contribution in [0.25, 0.3) is 0 Å². The van der Waals surface area contributed by atoms with Crippen molar-refractivity contribution < 1.29 is 22.8 Å². The van der Waals surface area contributed by atoms with Gasteiger partial charge in [0.2, 0.25) is 15.9 Å². The van der Waals surface area contributed by atoms with Crippen molar-refractivity contribution in [2.75, 3.05) is 19.6 Å². The van der Waals surface area contributed by atoms with Crippen LogP contribution in [0.15, 0.2) is 53.4 Å². The topological polar surface area (TPSA) is 125 Å². The lowest BCUT2D eigenvalue weighted by Gasteiger charge is -2.15. The number of hydrogen-bond donors (Lipinski definition) is 3. The maximum Gasteiger partial charge on any atom is 0.269 e. The van der Waals surface area contributed by atoms with Crippen molar-refractivity contribution in [2.24, 2.45) is 0 Å². The molecular formula is C21H23ClN4O5S. The molecule has 9 nitrogen and oxygen atoms in total. The molecule has 32 heavy (non-hydrogen) atoms. The molecule has 0 radical (unpaired) electrons. The van der Waals surface area contributed by atoms with Gasteiger partial charge in [-0.1, -0.05) is 11.6 Å². The molecule has 0 atom stereocenters. The van der Waals surface area contributed by atoms with E-state index in [2.05, 4.69) is 16.2 Å². The first-order valence-electron chi connectivity index (χ1n) is 10.0. The number of hydrogen-bond acceptors (Lipinski definition) is 5. The lowest BCUT2D eigenvalue weighted by atomic mass is 10.2. The summed E-state index contributed by atoms with van der Waals surface area (Å²) in [6.07, 6.45) is 1.63. The molecule has 1 fully saturated rings. The lowest BCUT2D eigenvalue weighted by molar-refractivity contribution is -0.121. The molecule has 2 aromatic rings. The van der Waals surface area contributed by atoms with Crippen molar-refractivity contribution in [3.8, 4) is 0 Å². The summed E-state index contributed by atoms with van der Waals surface area (Å²) < 4.78 is 26.5. The van der Waals surface area contributed by atoms with Gasteiger partial charge in [-0.3, -0.25) is 25.2 Å². The largest absolute Gasteiger partial charge is 0.352 e. The Kier molecular flexibility index (Phi) is 7.84. The second kappa shape index (κ2) is 10.6. The number of hydrazine groups is 1. The van der Waals surface area contributed by atoms with E-state index in [-0.39, 0.29) is 29.3 Å². The summed E-state index contributed by atoms with van der Waals surface area (Å²) in [5, 5.41) is 3.11. The number of rotatable bonds is 7. The van der Waals surface area contributed by atoms with Gasteiger partial charge in [-0.2, -0.15) is 4.31 Å². The standard InChI is InChI=1S/C21H23ClN4O5S/c22-17-7-3-15(4-8-17)20(28)23-12-11-19(27)24-25-21(29)16-5-9-18(10-6-16)32(30,31)26-13-1-2-14-26/h3-10H,1-2,11-14H2,(H,23,28)(H,24,27)(H,25,29). The summed E-state index contributed by atoms with van der Waals surface area (Å²) in [7, 11) is -3.56. The van der Waals surface area contributed by atoms with Gasteiger partial charge in [0.15, 0.2) is 0 Å². The van der Waals surface area contributed by atoms with E-state index < -0.39 is 21.8 Å². The van der Waals surface area contributed by atoms with Crippen LogP contribution in [0, 0.1) is 0 Å². The second-order valence-corrected chi connectivity index (χ2v) is 9.53. The number of halogens is 1. The van der Waals surface area contributed by atoms with Gasteiger partial charge in [-0.25, -0.2) is 8.42 Å². The Hall–Kier alpha value is -2.95. The Bertz CT molecular complexity index is 1080. The molecule has 1 aliphatic heterocycles. The minimum Gasteiger partial charge on any atom is -0.352 e. The van der Waals surface area contributed by atoms with Gasteiger partial charge in [-0.15, -0.1) is 0 Å². The Balaban J connectivity index is 1.43. The van der Waals surface area contributed by atoms with Gasteiger partial charge in [0.1, 0.15) is 0 Å². The quantitative estimate of drug-likeness (QED) is 0.522. The molecule has 3 amide bonds. The van der Waals surface area contributed by atoms with Crippen molar-refractivity contribution in [1.82, 2.24) is 20.5 Å². The number of amides is 3. The van der Waals surface area contributed by atoms with Crippen LogP contribution in [0.2, 0.25) is 5.02 Å². The zero-order valence-corrected chi connectivity index (χ0v) is 18.7. The highest BCUT2D eigenvalue weighted by Crippen LogP contribution is 2.21. The van der Waals surface area contributed by atoms with Crippen molar-refractivity contribution >= 4 is 39.3 Å². The molecule has 0 bridgehead atoms. The van der Waals surface area contributed by atoms with Gasteiger partial charge in [0, 0.05) is 42.2 Å². The second-order valence-electron chi connectivity index (χ2n) is 7.15. The van der Waals surface area contributed by atoms with E-state index in [1.54, 1.807) is 24.3 Å². The van der Waals surface area contributed by atoms with Crippen LogP contribution < -0.4 is 16.2 Å². The maximum absolute atomic E-state index is 12.5. The summed E-state index contributed by atoms with van der Waals surface area (Å²) in [6, 6.07) is 11.8. The van der Waals surface area contributed by atoms with E-state index in [0.717, 1.165) is 12.8 Å². The molecule has 170 valence electrons. The van der Waals surface area contributed by atoms with Crippen LogP contribution in [0.5, 0.6) is 0 Å². The minimum absolute atomic E-state index is 0.0490. The lowest BCUT2D eigenvalue weighted by Crippen LogP contribution is -2.42. The Morgan fingerprint density at radius 3 is 2.03 bits per heavy atom. The Morgan fingerprint density at radius 1 is 0.844 bits per heavy atom. The average Bonchev–Trinajstić information content (AvgIpc) is 3.34. The molecule has 0 aliphatic carbocycles. The first-order valence-corrected chi connectivity index (χ1v) is 11.8. The van der Waals surface area contributed by atoms with E-state index in [1.165, 1.54) is 28.6 Å². The molecular weight excluding hydrogens is 456 g/mol. The molecule has 3 N–H and O–H groups in total.